The Kier molecular flexibility index (Phi) is 5.73. The van der Waals surface area contributed by atoms with Gasteiger partial charge in [0.1, 0.15) is 0 Å². The van der Waals surface area contributed by atoms with E-state index in [0.29, 0.717) is 12.1 Å². The van der Waals surface area contributed by atoms with Crippen molar-refractivity contribution < 1.29 is 9.47 Å². The number of hydrogen-bond donors (Lipinski definition) is 1. The van der Waals surface area contributed by atoms with E-state index in [-0.39, 0.29) is 5.60 Å². The summed E-state index contributed by atoms with van der Waals surface area (Å²) in [6.07, 6.45) is 4.48. The van der Waals surface area contributed by atoms with Crippen LogP contribution in [0.25, 0.3) is 0 Å². The van der Waals surface area contributed by atoms with Crippen LogP contribution in [0.1, 0.15) is 46.5 Å². The van der Waals surface area contributed by atoms with Crippen LogP contribution in [0.15, 0.2) is 0 Å². The van der Waals surface area contributed by atoms with Gasteiger partial charge in [-0.15, -0.1) is 0 Å². The predicted molar refractivity (Wildman–Crippen MR) is 66.8 cm³/mol. The van der Waals surface area contributed by atoms with E-state index in [1.165, 1.54) is 0 Å². The number of hydrogen-bond acceptors (Lipinski definition) is 3. The minimum absolute atomic E-state index is 0.114. The molecule has 0 saturated carbocycles. The summed E-state index contributed by atoms with van der Waals surface area (Å²) in [5.74, 6) is 0. The molecule has 1 rings (SSSR count). The summed E-state index contributed by atoms with van der Waals surface area (Å²) >= 11 is 0. The minimum atomic E-state index is 0.114. The topological polar surface area (TPSA) is 30.5 Å². The Morgan fingerprint density at radius 3 is 2.69 bits per heavy atom. The van der Waals surface area contributed by atoms with Crippen LogP contribution in [0.3, 0.4) is 0 Å². The molecule has 1 fully saturated rings. The van der Waals surface area contributed by atoms with Crippen LogP contribution in [0, 0.1) is 0 Å². The van der Waals surface area contributed by atoms with Crippen molar-refractivity contribution in [2.75, 3.05) is 20.3 Å². The molecule has 0 amide bonds. The van der Waals surface area contributed by atoms with Crippen molar-refractivity contribution in [1.82, 2.24) is 5.32 Å². The van der Waals surface area contributed by atoms with Crippen LogP contribution >= 0.6 is 0 Å². The summed E-state index contributed by atoms with van der Waals surface area (Å²) in [6.45, 7) is 8.30. The molecule has 1 heterocycles. The van der Waals surface area contributed by atoms with Crippen molar-refractivity contribution >= 4 is 0 Å². The van der Waals surface area contributed by atoms with E-state index in [9.17, 15) is 0 Å². The normalized spacial score (nSPS) is 26.6. The molecule has 0 aromatic rings. The zero-order chi connectivity index (χ0) is 12.0. The van der Waals surface area contributed by atoms with Crippen molar-refractivity contribution in [3.8, 4) is 0 Å². The minimum Gasteiger partial charge on any atom is -0.383 e. The Hall–Kier alpha value is -0.120. The molecule has 1 saturated heterocycles. The van der Waals surface area contributed by atoms with E-state index in [0.717, 1.165) is 38.9 Å². The molecule has 2 atom stereocenters. The first-order chi connectivity index (χ1) is 7.65. The van der Waals surface area contributed by atoms with Gasteiger partial charge in [0.05, 0.1) is 12.2 Å². The van der Waals surface area contributed by atoms with Crippen LogP contribution in [0.5, 0.6) is 0 Å². The average Bonchev–Trinajstić information content (AvgIpc) is 2.29. The zero-order valence-electron chi connectivity index (χ0n) is 11.2. The van der Waals surface area contributed by atoms with Gasteiger partial charge in [-0.1, -0.05) is 13.8 Å². The third-order valence-electron chi connectivity index (χ3n) is 3.72. The van der Waals surface area contributed by atoms with Crippen molar-refractivity contribution in [3.63, 3.8) is 0 Å². The van der Waals surface area contributed by atoms with Gasteiger partial charge in [-0.05, 0) is 32.6 Å². The average molecular weight is 229 g/mol. The number of rotatable bonds is 6. The quantitative estimate of drug-likeness (QED) is 0.758. The maximum Gasteiger partial charge on any atom is 0.0692 e. The Bertz CT molecular complexity index is 192. The molecule has 0 aromatic carbocycles. The van der Waals surface area contributed by atoms with Gasteiger partial charge in [-0.3, -0.25) is 0 Å². The molecule has 0 spiro atoms. The fourth-order valence-corrected chi connectivity index (χ4v) is 2.61. The molecule has 16 heavy (non-hydrogen) atoms. The highest BCUT2D eigenvalue weighted by Crippen LogP contribution is 2.31. The van der Waals surface area contributed by atoms with E-state index in [1.54, 1.807) is 7.11 Å². The third kappa shape index (κ3) is 3.72. The van der Waals surface area contributed by atoms with Gasteiger partial charge in [0.25, 0.3) is 0 Å². The van der Waals surface area contributed by atoms with Crippen molar-refractivity contribution in [2.24, 2.45) is 0 Å². The van der Waals surface area contributed by atoms with E-state index < -0.39 is 0 Å². The number of methoxy groups -OCH3 is 1. The monoisotopic (exact) mass is 229 g/mol. The van der Waals surface area contributed by atoms with Gasteiger partial charge in [0, 0.05) is 25.8 Å². The third-order valence-corrected chi connectivity index (χ3v) is 3.72. The molecule has 0 bridgehead atoms. The van der Waals surface area contributed by atoms with Crippen molar-refractivity contribution in [3.05, 3.63) is 0 Å². The smallest absolute Gasteiger partial charge is 0.0692 e. The first kappa shape index (κ1) is 13.9. The van der Waals surface area contributed by atoms with E-state index in [2.05, 4.69) is 26.1 Å². The molecule has 3 nitrogen and oxygen atoms in total. The molecule has 96 valence electrons. The molecule has 0 aliphatic carbocycles. The van der Waals surface area contributed by atoms with Crippen LogP contribution < -0.4 is 5.32 Å². The van der Waals surface area contributed by atoms with E-state index in [4.69, 9.17) is 9.47 Å². The fraction of sp³-hybridized carbons (Fsp3) is 1.00. The van der Waals surface area contributed by atoms with E-state index in [1.807, 2.05) is 0 Å². The van der Waals surface area contributed by atoms with Gasteiger partial charge >= 0.3 is 0 Å². The maximum absolute atomic E-state index is 5.96. The lowest BCUT2D eigenvalue weighted by Crippen LogP contribution is -2.49. The van der Waals surface area contributed by atoms with Gasteiger partial charge in [-0.2, -0.15) is 0 Å². The number of nitrogens with one attached hydrogen (secondary N) is 1. The maximum atomic E-state index is 5.96. The highest BCUT2D eigenvalue weighted by molar-refractivity contribution is 4.88. The van der Waals surface area contributed by atoms with Crippen LogP contribution in [0.4, 0.5) is 0 Å². The lowest BCUT2D eigenvalue weighted by molar-refractivity contribution is -0.0945. The fourth-order valence-electron chi connectivity index (χ4n) is 2.61. The van der Waals surface area contributed by atoms with Crippen LogP contribution in [-0.2, 0) is 9.47 Å². The Morgan fingerprint density at radius 1 is 1.44 bits per heavy atom. The molecule has 1 aliphatic rings. The van der Waals surface area contributed by atoms with Crippen LogP contribution in [0.2, 0.25) is 0 Å². The molecular formula is C13H27NO2. The first-order valence-corrected chi connectivity index (χ1v) is 6.54. The summed E-state index contributed by atoms with van der Waals surface area (Å²) in [6, 6.07) is 1.01. The second-order valence-electron chi connectivity index (χ2n) is 4.95. The molecule has 3 heteroatoms. The second kappa shape index (κ2) is 6.58. The lowest BCUT2D eigenvalue weighted by Gasteiger charge is -2.41. The van der Waals surface area contributed by atoms with Crippen molar-refractivity contribution in [1.29, 1.82) is 0 Å². The predicted octanol–water partition coefficient (Wildman–Crippen LogP) is 2.35. The Balaban J connectivity index is 2.43. The first-order valence-electron chi connectivity index (χ1n) is 6.54. The molecule has 2 unspecified atom stereocenters. The summed E-state index contributed by atoms with van der Waals surface area (Å²) in [7, 11) is 1.75. The molecule has 1 aliphatic heterocycles. The van der Waals surface area contributed by atoms with Gasteiger partial charge in [0.15, 0.2) is 0 Å². The standard InChI is InChI=1S/C13H27NO2/c1-5-13(6-2)9-12(7-8-16-13)14-11(3)10-15-4/h11-12,14H,5-10H2,1-4H3. The summed E-state index contributed by atoms with van der Waals surface area (Å²) < 4.78 is 11.1. The van der Waals surface area contributed by atoms with Crippen molar-refractivity contribution in [2.45, 2.75) is 64.1 Å². The summed E-state index contributed by atoms with van der Waals surface area (Å²) in [5, 5.41) is 3.64. The summed E-state index contributed by atoms with van der Waals surface area (Å²) in [5.41, 5.74) is 0.114. The summed E-state index contributed by atoms with van der Waals surface area (Å²) in [4.78, 5) is 0. The SMILES string of the molecule is CCC1(CC)CC(NC(C)COC)CCO1. The molecule has 0 radical (unpaired) electrons. The zero-order valence-corrected chi connectivity index (χ0v) is 11.2. The highest BCUT2D eigenvalue weighted by Gasteiger charge is 2.34. The molecule has 0 aromatic heterocycles. The molecule has 1 N–H and O–H groups in total. The molecular weight excluding hydrogens is 202 g/mol. The van der Waals surface area contributed by atoms with E-state index >= 15 is 0 Å². The Morgan fingerprint density at radius 2 is 2.12 bits per heavy atom. The second-order valence-corrected chi connectivity index (χ2v) is 4.95. The number of ether oxygens (including phenoxy) is 2. The lowest BCUT2D eigenvalue weighted by atomic mass is 9.85. The van der Waals surface area contributed by atoms with Gasteiger partial charge in [0.2, 0.25) is 0 Å². The Labute approximate surface area is 99.9 Å². The highest BCUT2D eigenvalue weighted by atomic mass is 16.5. The van der Waals surface area contributed by atoms with Gasteiger partial charge < -0.3 is 14.8 Å². The van der Waals surface area contributed by atoms with Crippen LogP contribution in [-0.4, -0.2) is 38.0 Å². The van der Waals surface area contributed by atoms with Gasteiger partial charge in [-0.25, -0.2) is 0 Å². The largest absolute Gasteiger partial charge is 0.383 e.